The van der Waals surface area contributed by atoms with Gasteiger partial charge in [0.05, 0.1) is 5.69 Å². The summed E-state index contributed by atoms with van der Waals surface area (Å²) >= 11 is 1.38. The molecule has 8 heteroatoms. The van der Waals surface area contributed by atoms with Gasteiger partial charge in [-0.3, -0.25) is 4.79 Å². The average Bonchev–Trinajstić information content (AvgIpc) is 2.99. The van der Waals surface area contributed by atoms with Crippen LogP contribution in [0.15, 0.2) is 29.6 Å². The summed E-state index contributed by atoms with van der Waals surface area (Å²) in [5, 5.41) is 8.04. The van der Waals surface area contributed by atoms with Crippen LogP contribution in [0, 0.1) is 0 Å². The van der Waals surface area contributed by atoms with Gasteiger partial charge in [0.2, 0.25) is 5.91 Å². The van der Waals surface area contributed by atoms with Crippen LogP contribution in [0.1, 0.15) is 17.7 Å². The molecule has 1 aromatic heterocycles. The second kappa shape index (κ2) is 9.03. The molecule has 25 heavy (non-hydrogen) atoms. The standard InChI is InChI=1S/C17H23N5O2S/c1-22(2)15(23)8-7-12-5-3-4-6-14(12)21-17(24)19-10-9-13-11-25-16(18)20-13/h3-6,11H,7-10H2,1-2H3,(H2,18,20)(H2,19,21,24). The summed E-state index contributed by atoms with van der Waals surface area (Å²) in [4.78, 5) is 29.5. The van der Waals surface area contributed by atoms with Crippen molar-refractivity contribution >= 4 is 34.1 Å². The number of aryl methyl sites for hydroxylation is 1. The lowest BCUT2D eigenvalue weighted by atomic mass is 10.1. The number of hydrogen-bond acceptors (Lipinski definition) is 5. The Balaban J connectivity index is 1.84. The minimum atomic E-state index is -0.283. The predicted octanol–water partition coefficient (Wildman–Crippen LogP) is 2.11. The number of thiazole rings is 1. The van der Waals surface area contributed by atoms with Gasteiger partial charge in [0.25, 0.3) is 0 Å². The summed E-state index contributed by atoms with van der Waals surface area (Å²) in [6, 6.07) is 7.21. The molecule has 0 spiro atoms. The molecule has 4 N–H and O–H groups in total. The molecule has 0 saturated carbocycles. The number of para-hydroxylation sites is 1. The van der Waals surface area contributed by atoms with E-state index in [9.17, 15) is 9.59 Å². The van der Waals surface area contributed by atoms with Gasteiger partial charge >= 0.3 is 6.03 Å². The van der Waals surface area contributed by atoms with E-state index in [0.717, 1.165) is 11.3 Å². The molecule has 1 aromatic carbocycles. The second-order valence-electron chi connectivity index (χ2n) is 5.75. The number of aromatic nitrogens is 1. The minimum absolute atomic E-state index is 0.0572. The van der Waals surface area contributed by atoms with Gasteiger partial charge in [0, 0.05) is 44.5 Å². The van der Waals surface area contributed by atoms with Crippen LogP contribution in [0.3, 0.4) is 0 Å². The van der Waals surface area contributed by atoms with Crippen LogP contribution < -0.4 is 16.4 Å². The van der Waals surface area contributed by atoms with Crippen molar-refractivity contribution in [2.45, 2.75) is 19.3 Å². The lowest BCUT2D eigenvalue weighted by Gasteiger charge is -2.13. The van der Waals surface area contributed by atoms with E-state index in [2.05, 4.69) is 15.6 Å². The minimum Gasteiger partial charge on any atom is -0.375 e. The number of amides is 3. The summed E-state index contributed by atoms with van der Waals surface area (Å²) < 4.78 is 0. The molecule has 7 nitrogen and oxygen atoms in total. The highest BCUT2D eigenvalue weighted by atomic mass is 32.1. The van der Waals surface area contributed by atoms with Crippen molar-refractivity contribution in [3.63, 3.8) is 0 Å². The second-order valence-corrected chi connectivity index (χ2v) is 6.64. The molecule has 3 amide bonds. The number of anilines is 2. The fourth-order valence-corrected chi connectivity index (χ4v) is 2.83. The first-order valence-electron chi connectivity index (χ1n) is 7.98. The highest BCUT2D eigenvalue weighted by Crippen LogP contribution is 2.17. The van der Waals surface area contributed by atoms with Gasteiger partial charge in [-0.25, -0.2) is 9.78 Å². The fraction of sp³-hybridized carbons (Fsp3) is 0.353. The van der Waals surface area contributed by atoms with E-state index >= 15 is 0 Å². The molecule has 2 aromatic rings. The number of urea groups is 1. The van der Waals surface area contributed by atoms with E-state index in [0.29, 0.717) is 36.6 Å². The number of carbonyl (C=O) groups is 2. The first-order valence-corrected chi connectivity index (χ1v) is 8.86. The molecule has 0 radical (unpaired) electrons. The molecule has 0 fully saturated rings. The van der Waals surface area contributed by atoms with E-state index in [1.807, 2.05) is 29.6 Å². The highest BCUT2D eigenvalue weighted by Gasteiger charge is 2.09. The van der Waals surface area contributed by atoms with Crippen LogP contribution in [0.25, 0.3) is 0 Å². The lowest BCUT2D eigenvalue weighted by Crippen LogP contribution is -2.31. The normalized spacial score (nSPS) is 10.3. The van der Waals surface area contributed by atoms with E-state index in [4.69, 9.17) is 5.73 Å². The van der Waals surface area contributed by atoms with E-state index in [1.54, 1.807) is 19.0 Å². The molecule has 0 atom stereocenters. The van der Waals surface area contributed by atoms with Crippen LogP contribution in [-0.4, -0.2) is 42.5 Å². The molecule has 0 aliphatic heterocycles. The number of benzene rings is 1. The average molecular weight is 361 g/mol. The van der Waals surface area contributed by atoms with Crippen LogP contribution in [0.2, 0.25) is 0 Å². The van der Waals surface area contributed by atoms with Gasteiger partial charge in [-0.1, -0.05) is 18.2 Å². The number of nitrogens with zero attached hydrogens (tertiary/aromatic N) is 2. The van der Waals surface area contributed by atoms with Crippen LogP contribution in [-0.2, 0) is 17.6 Å². The molecule has 0 unspecified atom stereocenters. The molecule has 0 bridgehead atoms. The van der Waals surface area contributed by atoms with Crippen molar-refractivity contribution < 1.29 is 9.59 Å². The number of nitrogens with one attached hydrogen (secondary N) is 2. The van der Waals surface area contributed by atoms with Gasteiger partial charge < -0.3 is 21.3 Å². The Hall–Kier alpha value is -2.61. The Morgan fingerprint density at radius 1 is 1.24 bits per heavy atom. The van der Waals surface area contributed by atoms with E-state index in [-0.39, 0.29) is 11.9 Å². The maximum Gasteiger partial charge on any atom is 0.319 e. The summed E-state index contributed by atoms with van der Waals surface area (Å²) in [5.74, 6) is 0.0572. The number of hydrogen-bond donors (Lipinski definition) is 3. The first kappa shape index (κ1) is 18.7. The molecular formula is C17H23N5O2S. The zero-order valence-corrected chi connectivity index (χ0v) is 15.2. The molecule has 0 saturated heterocycles. The number of rotatable bonds is 7. The van der Waals surface area contributed by atoms with Crippen LogP contribution in [0.5, 0.6) is 0 Å². The zero-order chi connectivity index (χ0) is 18.2. The first-order chi connectivity index (χ1) is 12.0. The molecular weight excluding hydrogens is 338 g/mol. The van der Waals surface area contributed by atoms with E-state index < -0.39 is 0 Å². The molecule has 0 aliphatic rings. The number of nitrogen functional groups attached to an aromatic ring is 1. The topological polar surface area (TPSA) is 100 Å². The van der Waals surface area contributed by atoms with Gasteiger partial charge in [-0.2, -0.15) is 0 Å². The zero-order valence-electron chi connectivity index (χ0n) is 14.4. The SMILES string of the molecule is CN(C)C(=O)CCc1ccccc1NC(=O)NCCc1csc(N)n1. The quantitative estimate of drug-likeness (QED) is 0.703. The monoisotopic (exact) mass is 361 g/mol. The Bertz CT molecular complexity index is 729. The third-order valence-electron chi connectivity index (χ3n) is 3.61. The van der Waals surface area contributed by atoms with Crippen molar-refractivity contribution in [3.05, 3.63) is 40.9 Å². The van der Waals surface area contributed by atoms with Gasteiger partial charge in [-0.05, 0) is 18.1 Å². The number of nitrogens with two attached hydrogens (primary N) is 1. The summed E-state index contributed by atoms with van der Waals surface area (Å²) in [7, 11) is 3.46. The van der Waals surface area contributed by atoms with Crippen LogP contribution in [0.4, 0.5) is 15.6 Å². The smallest absolute Gasteiger partial charge is 0.319 e. The molecule has 2 rings (SSSR count). The van der Waals surface area contributed by atoms with E-state index in [1.165, 1.54) is 11.3 Å². The third-order valence-corrected chi connectivity index (χ3v) is 4.33. The van der Waals surface area contributed by atoms with Gasteiger partial charge in [0.15, 0.2) is 5.13 Å². The Labute approximate surface area is 151 Å². The maximum absolute atomic E-state index is 12.1. The molecule has 0 aliphatic carbocycles. The van der Waals surface area contributed by atoms with Gasteiger partial charge in [0.1, 0.15) is 0 Å². The van der Waals surface area contributed by atoms with Crippen molar-refractivity contribution in [1.82, 2.24) is 15.2 Å². The van der Waals surface area contributed by atoms with Crippen LogP contribution >= 0.6 is 11.3 Å². The largest absolute Gasteiger partial charge is 0.375 e. The summed E-state index contributed by atoms with van der Waals surface area (Å²) in [6.07, 6.45) is 1.60. The van der Waals surface area contributed by atoms with Crippen molar-refractivity contribution in [2.75, 3.05) is 31.7 Å². The summed E-state index contributed by atoms with van der Waals surface area (Å²) in [6.45, 7) is 0.469. The maximum atomic E-state index is 12.1. The predicted molar refractivity (Wildman–Crippen MR) is 101 cm³/mol. The summed E-state index contributed by atoms with van der Waals surface area (Å²) in [5.41, 5.74) is 8.09. The van der Waals surface area contributed by atoms with Crippen molar-refractivity contribution in [2.24, 2.45) is 0 Å². The Morgan fingerprint density at radius 3 is 2.68 bits per heavy atom. The third kappa shape index (κ3) is 6.07. The molecule has 134 valence electrons. The Morgan fingerprint density at radius 2 is 2.00 bits per heavy atom. The fourth-order valence-electron chi connectivity index (χ4n) is 2.23. The number of carbonyl (C=O) groups excluding carboxylic acids is 2. The van der Waals surface area contributed by atoms with Crippen molar-refractivity contribution in [1.29, 1.82) is 0 Å². The Kier molecular flexibility index (Phi) is 6.76. The molecule has 1 heterocycles. The van der Waals surface area contributed by atoms with Crippen molar-refractivity contribution in [3.8, 4) is 0 Å². The highest BCUT2D eigenvalue weighted by molar-refractivity contribution is 7.13. The lowest BCUT2D eigenvalue weighted by molar-refractivity contribution is -0.128. The van der Waals surface area contributed by atoms with Gasteiger partial charge in [-0.15, -0.1) is 11.3 Å².